The van der Waals surface area contributed by atoms with Crippen molar-refractivity contribution in [3.05, 3.63) is 126 Å². The molecule has 5 aromatic rings. The molecule has 8 nitrogen and oxygen atoms in total. The number of aromatic nitrogens is 2. The highest BCUT2D eigenvalue weighted by molar-refractivity contribution is 5.95. The number of carbonyl (C=O) groups is 2. The summed E-state index contributed by atoms with van der Waals surface area (Å²) in [6, 6.07) is 25.4. The summed E-state index contributed by atoms with van der Waals surface area (Å²) < 4.78 is 11.1. The van der Waals surface area contributed by atoms with E-state index in [1.807, 2.05) is 91.1 Å². The van der Waals surface area contributed by atoms with Crippen molar-refractivity contribution in [3.63, 3.8) is 0 Å². The molecule has 0 fully saturated rings. The van der Waals surface area contributed by atoms with E-state index in [4.69, 9.17) is 14.9 Å². The third-order valence-electron chi connectivity index (χ3n) is 6.28. The minimum atomic E-state index is -0.941. The maximum Gasteiger partial charge on any atom is 0.329 e. The fraction of sp³-hybridized carbons (Fsp3) is 0.167. The molecule has 4 N–H and O–H groups in total. The number of para-hydroxylation sites is 1. The molecule has 1 amide bonds. The molecule has 2 aromatic heterocycles. The normalized spacial score (nSPS) is 12.7. The van der Waals surface area contributed by atoms with Gasteiger partial charge in [0.25, 0.3) is 5.91 Å². The van der Waals surface area contributed by atoms with Crippen molar-refractivity contribution in [1.29, 1.82) is 0 Å². The van der Waals surface area contributed by atoms with E-state index < -0.39 is 24.0 Å². The lowest BCUT2D eigenvalue weighted by Gasteiger charge is -2.17. The molecule has 0 aliphatic rings. The summed E-state index contributed by atoms with van der Waals surface area (Å²) in [6.07, 6.45) is 3.84. The zero-order valence-electron chi connectivity index (χ0n) is 20.7. The van der Waals surface area contributed by atoms with Crippen LogP contribution < -0.4 is 11.1 Å². The third-order valence-corrected chi connectivity index (χ3v) is 6.28. The van der Waals surface area contributed by atoms with Gasteiger partial charge in [-0.15, -0.1) is 0 Å². The molecule has 5 rings (SSSR count). The zero-order chi connectivity index (χ0) is 26.3. The number of esters is 1. The summed E-state index contributed by atoms with van der Waals surface area (Å²) in [5, 5.41) is 3.75. The lowest BCUT2D eigenvalue weighted by atomic mass is 10.0. The van der Waals surface area contributed by atoms with Crippen molar-refractivity contribution >= 4 is 22.8 Å². The molecule has 8 heteroatoms. The molecule has 38 heavy (non-hydrogen) atoms. The smallest absolute Gasteiger partial charge is 0.329 e. The molecule has 0 spiro atoms. The fourth-order valence-corrected chi connectivity index (χ4v) is 4.29. The first-order chi connectivity index (χ1) is 18.6. The minimum absolute atomic E-state index is 0.0447. The molecule has 2 heterocycles. The summed E-state index contributed by atoms with van der Waals surface area (Å²) in [5.74, 6) is -0.843. The van der Waals surface area contributed by atoms with E-state index in [0.29, 0.717) is 6.42 Å². The van der Waals surface area contributed by atoms with Crippen LogP contribution in [0.15, 0.2) is 102 Å². The highest BCUT2D eigenvalue weighted by Crippen LogP contribution is 2.20. The molecular weight excluding hydrogens is 480 g/mol. The van der Waals surface area contributed by atoms with Gasteiger partial charge in [0, 0.05) is 23.5 Å². The van der Waals surface area contributed by atoms with Crippen molar-refractivity contribution in [1.82, 2.24) is 15.3 Å². The van der Waals surface area contributed by atoms with Crippen molar-refractivity contribution in [2.75, 3.05) is 0 Å². The molecule has 192 valence electrons. The lowest BCUT2D eigenvalue weighted by Crippen LogP contribution is -2.43. The zero-order valence-corrected chi connectivity index (χ0v) is 20.7. The SMILES string of the molecule is NC(Cc1ccccc1)c1nc(C(=O)NC(Cc2c[nH]c3ccccc23)C(=O)OCc2ccccc2)co1. The number of hydrogen-bond acceptors (Lipinski definition) is 6. The van der Waals surface area contributed by atoms with Crippen molar-refractivity contribution in [2.24, 2.45) is 5.73 Å². The molecule has 2 unspecified atom stereocenters. The number of hydrogen-bond donors (Lipinski definition) is 3. The number of benzene rings is 3. The standard InChI is InChI=1S/C30H28N4O4/c31-24(15-20-9-3-1-4-10-20)29-34-27(19-37-29)28(35)33-26(30(36)38-18-21-11-5-2-6-12-21)16-22-17-32-25-14-8-7-13-23(22)25/h1-14,17,19,24,26,32H,15-16,18,31H2,(H,33,35). The minimum Gasteiger partial charge on any atom is -0.459 e. The number of nitrogens with zero attached hydrogens (tertiary/aromatic N) is 1. The summed E-state index contributed by atoms with van der Waals surface area (Å²) >= 11 is 0. The Bertz CT molecular complexity index is 1510. The molecule has 0 aliphatic carbocycles. The first-order valence-corrected chi connectivity index (χ1v) is 12.4. The molecule has 0 saturated heterocycles. The number of amides is 1. The maximum atomic E-state index is 13.2. The second-order valence-corrected chi connectivity index (χ2v) is 9.05. The van der Waals surface area contributed by atoms with Gasteiger partial charge in [-0.1, -0.05) is 78.9 Å². The van der Waals surface area contributed by atoms with Crippen LogP contribution in [0.4, 0.5) is 0 Å². The Morgan fingerprint density at radius 2 is 1.61 bits per heavy atom. The number of nitrogens with one attached hydrogen (secondary N) is 2. The number of carbonyl (C=O) groups excluding carboxylic acids is 2. The highest BCUT2D eigenvalue weighted by Gasteiger charge is 2.26. The molecule has 0 bridgehead atoms. The van der Waals surface area contributed by atoms with Crippen LogP contribution in [0.25, 0.3) is 10.9 Å². The topological polar surface area (TPSA) is 123 Å². The van der Waals surface area contributed by atoms with E-state index in [-0.39, 0.29) is 24.6 Å². The number of fused-ring (bicyclic) bond motifs is 1. The van der Waals surface area contributed by atoms with Crippen molar-refractivity contribution in [3.8, 4) is 0 Å². The van der Waals surface area contributed by atoms with Gasteiger partial charge in [-0.2, -0.15) is 0 Å². The number of aromatic amines is 1. The van der Waals surface area contributed by atoms with Crippen LogP contribution in [0.2, 0.25) is 0 Å². The molecule has 2 atom stereocenters. The fourth-order valence-electron chi connectivity index (χ4n) is 4.29. The van der Waals surface area contributed by atoms with Gasteiger partial charge < -0.3 is 25.2 Å². The second kappa shape index (κ2) is 11.6. The predicted molar refractivity (Wildman–Crippen MR) is 143 cm³/mol. The van der Waals surface area contributed by atoms with Crippen LogP contribution in [0, 0.1) is 0 Å². The Hall–Kier alpha value is -4.69. The average molecular weight is 509 g/mol. The number of oxazole rings is 1. The van der Waals surface area contributed by atoms with Crippen LogP contribution in [0.1, 0.15) is 39.1 Å². The van der Waals surface area contributed by atoms with E-state index in [2.05, 4.69) is 15.3 Å². The molecular formula is C30H28N4O4. The third kappa shape index (κ3) is 5.99. The largest absolute Gasteiger partial charge is 0.459 e. The Kier molecular flexibility index (Phi) is 7.61. The summed E-state index contributed by atoms with van der Waals surface area (Å²) in [6.45, 7) is 0.0996. The van der Waals surface area contributed by atoms with Crippen LogP contribution in [-0.4, -0.2) is 27.9 Å². The van der Waals surface area contributed by atoms with E-state index in [0.717, 1.165) is 27.6 Å². The summed E-state index contributed by atoms with van der Waals surface area (Å²) in [4.78, 5) is 33.8. The Morgan fingerprint density at radius 1 is 0.921 bits per heavy atom. The first kappa shape index (κ1) is 25.0. The van der Waals surface area contributed by atoms with E-state index in [9.17, 15) is 9.59 Å². The number of ether oxygens (including phenoxy) is 1. The van der Waals surface area contributed by atoms with Crippen LogP contribution >= 0.6 is 0 Å². The first-order valence-electron chi connectivity index (χ1n) is 12.4. The number of rotatable bonds is 10. The summed E-state index contributed by atoms with van der Waals surface area (Å²) in [7, 11) is 0. The molecule has 0 saturated carbocycles. The highest BCUT2D eigenvalue weighted by atomic mass is 16.5. The quantitative estimate of drug-likeness (QED) is 0.239. The van der Waals surface area contributed by atoms with Gasteiger partial charge in [0.05, 0.1) is 6.04 Å². The molecule has 0 aliphatic heterocycles. The number of nitrogens with two attached hydrogens (primary N) is 1. The van der Waals surface area contributed by atoms with E-state index in [1.54, 1.807) is 0 Å². The van der Waals surface area contributed by atoms with Crippen molar-refractivity contribution in [2.45, 2.75) is 31.5 Å². The van der Waals surface area contributed by atoms with Gasteiger partial charge in [-0.05, 0) is 29.2 Å². The van der Waals surface area contributed by atoms with Gasteiger partial charge in [0.15, 0.2) is 5.69 Å². The van der Waals surface area contributed by atoms with Gasteiger partial charge in [0.1, 0.15) is 18.9 Å². The van der Waals surface area contributed by atoms with E-state index >= 15 is 0 Å². The van der Waals surface area contributed by atoms with Crippen LogP contribution in [-0.2, 0) is 29.0 Å². The van der Waals surface area contributed by atoms with E-state index in [1.165, 1.54) is 6.26 Å². The predicted octanol–water partition coefficient (Wildman–Crippen LogP) is 4.48. The Labute approximate surface area is 219 Å². The Morgan fingerprint density at radius 3 is 2.37 bits per heavy atom. The van der Waals surface area contributed by atoms with Crippen molar-refractivity contribution < 1.29 is 18.7 Å². The Balaban J connectivity index is 1.31. The van der Waals surface area contributed by atoms with Gasteiger partial charge in [-0.3, -0.25) is 4.79 Å². The number of H-pyrrole nitrogens is 1. The second-order valence-electron chi connectivity index (χ2n) is 9.05. The summed E-state index contributed by atoms with van der Waals surface area (Å²) in [5.41, 5.74) is 10.0. The molecule has 0 radical (unpaired) electrons. The average Bonchev–Trinajstić information content (AvgIpc) is 3.61. The van der Waals surface area contributed by atoms with Crippen LogP contribution in [0.5, 0.6) is 0 Å². The van der Waals surface area contributed by atoms with Gasteiger partial charge >= 0.3 is 5.97 Å². The lowest BCUT2D eigenvalue weighted by molar-refractivity contribution is -0.147. The van der Waals surface area contributed by atoms with Gasteiger partial charge in [0.2, 0.25) is 5.89 Å². The maximum absolute atomic E-state index is 13.2. The monoisotopic (exact) mass is 508 g/mol. The van der Waals surface area contributed by atoms with Crippen LogP contribution in [0.3, 0.4) is 0 Å². The molecule has 3 aromatic carbocycles. The van der Waals surface area contributed by atoms with Gasteiger partial charge in [-0.25, -0.2) is 9.78 Å².